The molecular formula is C12H20AtO3P. The van der Waals surface area contributed by atoms with Crippen molar-refractivity contribution in [3.8, 4) is 0 Å². The van der Waals surface area contributed by atoms with E-state index in [-0.39, 0.29) is 23.5 Å². The van der Waals surface area contributed by atoms with E-state index in [1.54, 1.807) is 0 Å². The van der Waals surface area contributed by atoms with Gasteiger partial charge in [-0.25, -0.2) is 0 Å². The zero-order valence-corrected chi connectivity index (χ0v) is 13.8. The Morgan fingerprint density at radius 3 is 1.88 bits per heavy atom. The van der Waals surface area contributed by atoms with E-state index in [9.17, 15) is 4.57 Å². The summed E-state index contributed by atoms with van der Waals surface area (Å²) in [6.45, 7) is 0. The molecular weight excluding hydrogens is 433 g/mol. The molecule has 3 nitrogen and oxygen atoms in total. The second-order valence-electron chi connectivity index (χ2n) is 5.63. The summed E-state index contributed by atoms with van der Waals surface area (Å²) in [7, 11) is -2.46. The van der Waals surface area contributed by atoms with Crippen LogP contribution in [-0.4, -0.2) is 23.5 Å². The normalized spacial score (nSPS) is 50.4. The van der Waals surface area contributed by atoms with Crippen molar-refractivity contribution in [1.29, 1.82) is 0 Å². The molecule has 4 unspecified atom stereocenters. The van der Waals surface area contributed by atoms with Gasteiger partial charge >= 0.3 is 119 Å². The van der Waals surface area contributed by atoms with Gasteiger partial charge in [-0.3, -0.25) is 0 Å². The molecule has 98 valence electrons. The molecule has 0 spiro atoms. The molecule has 0 aromatic carbocycles. The summed E-state index contributed by atoms with van der Waals surface area (Å²) in [4.78, 5) is 0. The molecule has 2 saturated carbocycles. The molecule has 1 saturated heterocycles. The van der Waals surface area contributed by atoms with Crippen LogP contribution in [0, 0.1) is 25.2 Å². The van der Waals surface area contributed by atoms with Crippen LogP contribution >= 0.6 is 7.37 Å². The summed E-state index contributed by atoms with van der Waals surface area (Å²) in [6, 6.07) is 0. The quantitative estimate of drug-likeness (QED) is 0.572. The summed E-state index contributed by atoms with van der Waals surface area (Å²) in [5, 5.41) is 0. The average Bonchev–Trinajstić information content (AvgIpc) is 2.39. The third-order valence-corrected chi connectivity index (χ3v) is 10.5. The second kappa shape index (κ2) is 5.19. The number of rotatable bonds is 1. The van der Waals surface area contributed by atoms with Crippen LogP contribution in [-0.2, 0) is 11.9 Å². The first-order chi connectivity index (χ1) is 8.25. The summed E-state index contributed by atoms with van der Waals surface area (Å²) < 4.78 is 25.1. The van der Waals surface area contributed by atoms with E-state index < -0.39 is 7.37 Å². The molecule has 0 bridgehead atoms. The molecule has 0 aromatic heterocycles. The zero-order chi connectivity index (χ0) is 11.9. The van der Waals surface area contributed by atoms with E-state index in [1.165, 1.54) is 50.8 Å². The van der Waals surface area contributed by atoms with Gasteiger partial charge in [0.05, 0.1) is 0 Å². The third-order valence-electron chi connectivity index (χ3n) is 4.72. The van der Waals surface area contributed by atoms with E-state index >= 15 is 0 Å². The minimum atomic E-state index is -2.46. The van der Waals surface area contributed by atoms with Crippen LogP contribution in [0.4, 0.5) is 0 Å². The van der Waals surface area contributed by atoms with Gasteiger partial charge in [-0.2, -0.15) is 0 Å². The number of hydrogen-bond acceptors (Lipinski definition) is 3. The van der Waals surface area contributed by atoms with E-state index in [0.29, 0.717) is 0 Å². The molecule has 1 heterocycles. The molecule has 4 atom stereocenters. The first kappa shape index (κ1) is 13.0. The zero-order valence-electron chi connectivity index (χ0n) is 10.0. The second-order valence-corrected chi connectivity index (χ2v) is 10.00. The summed E-state index contributed by atoms with van der Waals surface area (Å²) in [5.41, 5.74) is 0.418. The molecule has 3 aliphatic rings. The van der Waals surface area contributed by atoms with Crippen molar-refractivity contribution >= 4 is 7.37 Å². The van der Waals surface area contributed by atoms with Crippen LogP contribution in [0.5, 0.6) is 0 Å². The van der Waals surface area contributed by atoms with Crippen LogP contribution in [0.1, 0.15) is 51.4 Å². The van der Waals surface area contributed by atoms with Crippen molar-refractivity contribution in [3.63, 3.8) is 0 Å². The van der Waals surface area contributed by atoms with Crippen LogP contribution in [0.15, 0.2) is 0 Å². The van der Waals surface area contributed by atoms with Gasteiger partial charge in [-0.1, -0.05) is 0 Å². The van der Waals surface area contributed by atoms with Crippen molar-refractivity contribution in [1.82, 2.24) is 0 Å². The fraction of sp³-hybridized carbons (Fsp3) is 1.00. The predicted molar refractivity (Wildman–Crippen MR) is 61.9 cm³/mol. The SMILES string of the molecule is O=P1(O[At])C2CCCCC2OC2CCCCC21. The number of hydrogen-bond donors (Lipinski definition) is 0. The van der Waals surface area contributed by atoms with E-state index in [2.05, 4.69) is 0 Å². The number of ether oxygens (including phenoxy) is 1. The summed E-state index contributed by atoms with van der Waals surface area (Å²) in [5.74, 6) is 0. The van der Waals surface area contributed by atoms with Gasteiger partial charge < -0.3 is 0 Å². The Kier molecular flexibility index (Phi) is 3.98. The monoisotopic (exact) mass is 453 g/mol. The summed E-state index contributed by atoms with van der Waals surface area (Å²) in [6.07, 6.45) is 9.58. The van der Waals surface area contributed by atoms with Crippen molar-refractivity contribution in [2.75, 3.05) is 0 Å². The van der Waals surface area contributed by atoms with Crippen LogP contribution in [0.3, 0.4) is 0 Å². The van der Waals surface area contributed by atoms with Gasteiger partial charge in [0.2, 0.25) is 0 Å². The molecule has 0 radical (unpaired) electrons. The molecule has 3 rings (SSSR count). The summed E-state index contributed by atoms with van der Waals surface area (Å²) >= 11 is 1.24. The van der Waals surface area contributed by atoms with Gasteiger partial charge in [-0.15, -0.1) is 0 Å². The molecule has 0 amide bonds. The molecule has 2 aliphatic carbocycles. The van der Waals surface area contributed by atoms with Gasteiger partial charge in [0, 0.05) is 0 Å². The van der Waals surface area contributed by atoms with E-state index in [1.807, 2.05) is 0 Å². The Balaban J connectivity index is 1.91. The topological polar surface area (TPSA) is 35.5 Å². The van der Waals surface area contributed by atoms with Crippen molar-refractivity contribution in [3.05, 3.63) is 0 Å². The Bertz CT molecular complexity index is 310. The molecule has 17 heavy (non-hydrogen) atoms. The van der Waals surface area contributed by atoms with Gasteiger partial charge in [0.1, 0.15) is 0 Å². The van der Waals surface area contributed by atoms with Gasteiger partial charge in [0.15, 0.2) is 0 Å². The maximum atomic E-state index is 13.2. The Hall–Kier alpha value is 1.03. The number of fused-ring (bicyclic) bond motifs is 2. The molecule has 0 aromatic rings. The average molecular weight is 453 g/mol. The van der Waals surface area contributed by atoms with Crippen LogP contribution < -0.4 is 0 Å². The Morgan fingerprint density at radius 2 is 1.41 bits per heavy atom. The fourth-order valence-electron chi connectivity index (χ4n) is 3.87. The molecule has 3 fully saturated rings. The van der Waals surface area contributed by atoms with Crippen LogP contribution in [0.2, 0.25) is 0 Å². The van der Waals surface area contributed by atoms with E-state index in [0.717, 1.165) is 25.7 Å². The molecule has 5 heteroatoms. The fourth-order valence-corrected chi connectivity index (χ4v) is 9.40. The van der Waals surface area contributed by atoms with E-state index in [4.69, 9.17) is 7.34 Å². The van der Waals surface area contributed by atoms with Crippen LogP contribution in [0.25, 0.3) is 0 Å². The standard InChI is InChI=1S/C12H20AtO3P/c13-16-17(14)11-7-3-1-5-9(11)15-10-6-2-4-8-12(10)17/h9-12H,1-8H2. The van der Waals surface area contributed by atoms with Crippen molar-refractivity contribution in [2.45, 2.75) is 74.9 Å². The van der Waals surface area contributed by atoms with Gasteiger partial charge in [0.25, 0.3) is 0 Å². The first-order valence-corrected chi connectivity index (χ1v) is 9.77. The molecule has 1 aliphatic heterocycles. The molecule has 0 N–H and O–H groups in total. The predicted octanol–water partition coefficient (Wildman–Crippen LogP) is 3.40. The minimum absolute atomic E-state index is 0.209. The first-order valence-electron chi connectivity index (χ1n) is 6.81. The maximum absolute atomic E-state index is 13.2. The Morgan fingerprint density at radius 1 is 0.941 bits per heavy atom. The van der Waals surface area contributed by atoms with Crippen molar-refractivity contribution < 1.29 is 37.1 Å². The van der Waals surface area contributed by atoms with Crippen molar-refractivity contribution in [2.24, 2.45) is 0 Å². The Labute approximate surface area is 119 Å². The third kappa shape index (κ3) is 2.18. The van der Waals surface area contributed by atoms with Gasteiger partial charge in [-0.05, 0) is 0 Å².